The molecular formula is C19H19BrClFN4S. The lowest BCUT2D eigenvalue weighted by Crippen LogP contribution is -2.20. The van der Waals surface area contributed by atoms with Gasteiger partial charge in [-0.05, 0) is 63.0 Å². The van der Waals surface area contributed by atoms with Crippen LogP contribution in [-0.2, 0) is 5.75 Å². The Kier molecular flexibility index (Phi) is 6.57. The molecule has 0 N–H and O–H groups in total. The summed E-state index contributed by atoms with van der Waals surface area (Å²) in [5.74, 6) is 1.04. The van der Waals surface area contributed by atoms with E-state index >= 15 is 0 Å². The van der Waals surface area contributed by atoms with Gasteiger partial charge in [0, 0.05) is 20.9 Å². The van der Waals surface area contributed by atoms with Crippen molar-refractivity contribution in [3.8, 4) is 5.69 Å². The van der Waals surface area contributed by atoms with E-state index in [2.05, 4.69) is 38.0 Å². The minimum absolute atomic E-state index is 0.0620. The van der Waals surface area contributed by atoms with Gasteiger partial charge in [0.05, 0.1) is 6.04 Å². The molecule has 0 aliphatic carbocycles. The molecule has 0 saturated carbocycles. The van der Waals surface area contributed by atoms with Crippen molar-refractivity contribution in [3.05, 3.63) is 69.2 Å². The van der Waals surface area contributed by atoms with Crippen LogP contribution >= 0.6 is 39.3 Å². The summed E-state index contributed by atoms with van der Waals surface area (Å²) in [6.07, 6.45) is 0. The van der Waals surface area contributed by atoms with Crippen LogP contribution in [-0.4, -0.2) is 33.8 Å². The first-order valence-electron chi connectivity index (χ1n) is 8.31. The highest BCUT2D eigenvalue weighted by Gasteiger charge is 2.21. The third-order valence-electron chi connectivity index (χ3n) is 4.26. The molecule has 0 saturated heterocycles. The Morgan fingerprint density at radius 1 is 1.19 bits per heavy atom. The zero-order valence-electron chi connectivity index (χ0n) is 15.2. The highest BCUT2D eigenvalue weighted by Crippen LogP contribution is 2.30. The van der Waals surface area contributed by atoms with E-state index in [0.717, 1.165) is 16.0 Å². The lowest BCUT2D eigenvalue weighted by atomic mass is 10.2. The number of hydrogen-bond donors (Lipinski definition) is 0. The predicted molar refractivity (Wildman–Crippen MR) is 112 cm³/mol. The minimum atomic E-state index is -0.240. The molecule has 0 spiro atoms. The largest absolute Gasteiger partial charge is 0.300 e. The van der Waals surface area contributed by atoms with Crippen LogP contribution in [0.25, 0.3) is 5.69 Å². The van der Waals surface area contributed by atoms with Gasteiger partial charge in [0.2, 0.25) is 0 Å². The van der Waals surface area contributed by atoms with Crippen molar-refractivity contribution in [2.24, 2.45) is 0 Å². The second kappa shape index (κ2) is 8.73. The Morgan fingerprint density at radius 2 is 1.89 bits per heavy atom. The van der Waals surface area contributed by atoms with Gasteiger partial charge >= 0.3 is 0 Å². The molecule has 0 radical (unpaired) electrons. The monoisotopic (exact) mass is 468 g/mol. The van der Waals surface area contributed by atoms with Crippen molar-refractivity contribution in [3.63, 3.8) is 0 Å². The second-order valence-corrected chi connectivity index (χ2v) is 8.61. The van der Waals surface area contributed by atoms with Crippen LogP contribution in [0, 0.1) is 5.82 Å². The standard InChI is InChI=1S/C19H19BrClFN4S/c1-12(25(2)3)18-23-24-19(26(18)16-8-6-15(21)7-9-16)27-11-13-4-5-14(20)10-17(13)22/h4-10,12H,11H2,1-3H3. The first-order valence-corrected chi connectivity index (χ1v) is 10.5. The van der Waals surface area contributed by atoms with Gasteiger partial charge < -0.3 is 0 Å². The Hall–Kier alpha value is -1.41. The summed E-state index contributed by atoms with van der Waals surface area (Å²) >= 11 is 10.8. The summed E-state index contributed by atoms with van der Waals surface area (Å²) < 4.78 is 16.9. The Bertz CT molecular complexity index is 930. The first kappa shape index (κ1) is 20.3. The van der Waals surface area contributed by atoms with Gasteiger partial charge in [0.1, 0.15) is 5.82 Å². The Balaban J connectivity index is 1.95. The van der Waals surface area contributed by atoms with Gasteiger partial charge in [-0.15, -0.1) is 10.2 Å². The fourth-order valence-electron chi connectivity index (χ4n) is 2.49. The van der Waals surface area contributed by atoms with Crippen molar-refractivity contribution in [2.45, 2.75) is 23.9 Å². The molecule has 2 aromatic carbocycles. The third-order valence-corrected chi connectivity index (χ3v) is 5.99. The molecule has 0 bridgehead atoms. The summed E-state index contributed by atoms with van der Waals surface area (Å²) in [5, 5.41) is 10.1. The van der Waals surface area contributed by atoms with Crippen molar-refractivity contribution >= 4 is 39.3 Å². The van der Waals surface area contributed by atoms with Crippen LogP contribution in [0.4, 0.5) is 4.39 Å². The van der Waals surface area contributed by atoms with Crippen LogP contribution in [0.3, 0.4) is 0 Å². The molecule has 1 heterocycles. The summed E-state index contributed by atoms with van der Waals surface area (Å²) in [5.41, 5.74) is 1.54. The van der Waals surface area contributed by atoms with Crippen molar-refractivity contribution in [1.29, 1.82) is 0 Å². The van der Waals surface area contributed by atoms with E-state index in [1.165, 1.54) is 17.8 Å². The van der Waals surface area contributed by atoms with Gasteiger partial charge in [0.25, 0.3) is 0 Å². The lowest BCUT2D eigenvalue weighted by Gasteiger charge is -2.20. The van der Waals surface area contributed by atoms with Gasteiger partial charge in [-0.2, -0.15) is 0 Å². The van der Waals surface area contributed by atoms with Gasteiger partial charge in [-0.1, -0.05) is 45.4 Å². The van der Waals surface area contributed by atoms with Gasteiger partial charge in [-0.25, -0.2) is 4.39 Å². The third kappa shape index (κ3) is 4.71. The van der Waals surface area contributed by atoms with Crippen LogP contribution < -0.4 is 0 Å². The maximum absolute atomic E-state index is 14.2. The molecule has 0 aliphatic heterocycles. The highest BCUT2D eigenvalue weighted by molar-refractivity contribution is 9.10. The van der Waals surface area contributed by atoms with E-state index in [1.807, 2.05) is 49.0 Å². The Labute approximate surface area is 175 Å². The molecule has 1 atom stereocenters. The minimum Gasteiger partial charge on any atom is -0.300 e. The van der Waals surface area contributed by atoms with Crippen molar-refractivity contribution < 1.29 is 4.39 Å². The van der Waals surface area contributed by atoms with E-state index in [1.54, 1.807) is 6.07 Å². The van der Waals surface area contributed by atoms with Crippen LogP contribution in [0.2, 0.25) is 5.02 Å². The molecule has 0 aliphatic rings. The van der Waals surface area contributed by atoms with Gasteiger partial charge in [0.15, 0.2) is 11.0 Å². The zero-order chi connectivity index (χ0) is 19.6. The zero-order valence-corrected chi connectivity index (χ0v) is 18.3. The number of benzene rings is 2. The molecule has 142 valence electrons. The lowest BCUT2D eigenvalue weighted by molar-refractivity contribution is 0.305. The first-order chi connectivity index (χ1) is 12.9. The molecule has 27 heavy (non-hydrogen) atoms. The molecule has 0 amide bonds. The van der Waals surface area contributed by atoms with Crippen LogP contribution in [0.15, 0.2) is 52.1 Å². The number of halogens is 3. The summed E-state index contributed by atoms with van der Waals surface area (Å²) in [4.78, 5) is 2.07. The second-order valence-electron chi connectivity index (χ2n) is 6.32. The van der Waals surface area contributed by atoms with E-state index < -0.39 is 0 Å². The van der Waals surface area contributed by atoms with Crippen LogP contribution in [0.1, 0.15) is 24.4 Å². The topological polar surface area (TPSA) is 34.0 Å². The molecular weight excluding hydrogens is 451 g/mol. The number of hydrogen-bond acceptors (Lipinski definition) is 4. The SMILES string of the molecule is CC(c1nnc(SCc2ccc(Br)cc2F)n1-c1ccc(Cl)cc1)N(C)C. The molecule has 3 aromatic rings. The maximum atomic E-state index is 14.2. The molecule has 0 fully saturated rings. The molecule has 1 unspecified atom stereocenters. The normalized spacial score (nSPS) is 12.6. The van der Waals surface area contributed by atoms with E-state index in [0.29, 0.717) is 21.5 Å². The fraction of sp³-hybridized carbons (Fsp3) is 0.263. The number of aromatic nitrogens is 3. The summed E-state index contributed by atoms with van der Waals surface area (Å²) in [7, 11) is 3.99. The average molecular weight is 470 g/mol. The average Bonchev–Trinajstić information content (AvgIpc) is 3.04. The highest BCUT2D eigenvalue weighted by atomic mass is 79.9. The van der Waals surface area contributed by atoms with Crippen LogP contribution in [0.5, 0.6) is 0 Å². The van der Waals surface area contributed by atoms with Crippen molar-refractivity contribution in [1.82, 2.24) is 19.7 Å². The summed E-state index contributed by atoms with van der Waals surface area (Å²) in [6.45, 7) is 2.07. The van der Waals surface area contributed by atoms with E-state index in [9.17, 15) is 4.39 Å². The van der Waals surface area contributed by atoms with Crippen molar-refractivity contribution in [2.75, 3.05) is 14.1 Å². The fourth-order valence-corrected chi connectivity index (χ4v) is 3.89. The number of nitrogens with zero attached hydrogens (tertiary/aromatic N) is 4. The van der Waals surface area contributed by atoms with E-state index in [-0.39, 0.29) is 11.9 Å². The van der Waals surface area contributed by atoms with Gasteiger partial charge in [-0.3, -0.25) is 9.47 Å². The molecule has 8 heteroatoms. The molecule has 3 rings (SSSR count). The maximum Gasteiger partial charge on any atom is 0.196 e. The predicted octanol–water partition coefficient (Wildman–Crippen LogP) is 5.74. The smallest absolute Gasteiger partial charge is 0.196 e. The summed E-state index contributed by atoms with van der Waals surface area (Å²) in [6, 6.07) is 12.7. The van der Waals surface area contributed by atoms with E-state index in [4.69, 9.17) is 11.6 Å². The number of thioether (sulfide) groups is 1. The molecule has 1 aromatic heterocycles. The Morgan fingerprint density at radius 3 is 2.52 bits per heavy atom. The number of rotatable bonds is 6. The quantitative estimate of drug-likeness (QED) is 0.431. The molecule has 4 nitrogen and oxygen atoms in total.